The quantitative estimate of drug-likeness (QED) is 0.741. The van der Waals surface area contributed by atoms with Gasteiger partial charge < -0.3 is 15.3 Å². The first-order valence-corrected chi connectivity index (χ1v) is 7.86. The lowest BCUT2D eigenvalue weighted by molar-refractivity contribution is -0.148. The maximum atomic E-state index is 12.5. The molecule has 1 saturated carbocycles. The number of amides is 2. The Morgan fingerprint density at radius 3 is 2.90 bits per heavy atom. The van der Waals surface area contributed by atoms with Crippen LogP contribution in [0.2, 0.25) is 0 Å². The van der Waals surface area contributed by atoms with Crippen LogP contribution < -0.4 is 5.32 Å². The van der Waals surface area contributed by atoms with E-state index in [-0.39, 0.29) is 23.7 Å². The summed E-state index contributed by atoms with van der Waals surface area (Å²) in [5.41, 5.74) is -0.532. The highest BCUT2D eigenvalue weighted by atomic mass is 16.3. The minimum Gasteiger partial charge on any atom is -0.389 e. The first-order valence-electron chi connectivity index (χ1n) is 7.86. The van der Waals surface area contributed by atoms with Gasteiger partial charge in [0.1, 0.15) is 0 Å². The van der Waals surface area contributed by atoms with Crippen molar-refractivity contribution in [2.75, 3.05) is 19.6 Å². The third-order valence-electron chi connectivity index (χ3n) is 5.35. The Labute approximate surface area is 119 Å². The van der Waals surface area contributed by atoms with Crippen LogP contribution in [-0.4, -0.2) is 47.1 Å². The number of fused-ring (bicyclic) bond motifs is 1. The second-order valence-electron chi connectivity index (χ2n) is 6.62. The number of rotatable bonds is 1. The maximum absolute atomic E-state index is 12.5. The topological polar surface area (TPSA) is 69.6 Å². The number of carbonyl (C=O) groups excluding carboxylic acids is 2. The molecule has 3 rings (SSSR count). The summed E-state index contributed by atoms with van der Waals surface area (Å²) in [5.74, 6) is 0.390. The summed E-state index contributed by atoms with van der Waals surface area (Å²) in [7, 11) is 0. The Balaban J connectivity index is 1.61. The van der Waals surface area contributed by atoms with Crippen LogP contribution in [0.4, 0.5) is 0 Å². The molecule has 2 aliphatic heterocycles. The third-order valence-corrected chi connectivity index (χ3v) is 5.35. The minimum atomic E-state index is -0.532. The molecule has 1 aliphatic carbocycles. The van der Waals surface area contributed by atoms with Crippen molar-refractivity contribution in [2.24, 2.45) is 11.8 Å². The standard InChI is InChI=1S/C15H24N2O3/c18-13-5-4-11(9-16-13)14(19)17-8-7-15(20)6-2-1-3-12(15)10-17/h11-12,20H,1-10H2,(H,16,18). The zero-order valence-corrected chi connectivity index (χ0v) is 11.9. The molecule has 0 aromatic rings. The molecule has 3 unspecified atom stereocenters. The predicted molar refractivity (Wildman–Crippen MR) is 73.8 cm³/mol. The third kappa shape index (κ3) is 2.55. The monoisotopic (exact) mass is 280 g/mol. The van der Waals surface area contributed by atoms with E-state index in [2.05, 4.69) is 5.32 Å². The van der Waals surface area contributed by atoms with E-state index in [1.165, 1.54) is 0 Å². The molecule has 3 aliphatic rings. The van der Waals surface area contributed by atoms with E-state index in [1.807, 2.05) is 4.90 Å². The number of piperidine rings is 2. The zero-order chi connectivity index (χ0) is 14.2. The van der Waals surface area contributed by atoms with Crippen LogP contribution in [0.5, 0.6) is 0 Å². The van der Waals surface area contributed by atoms with E-state index in [4.69, 9.17) is 0 Å². The molecule has 2 heterocycles. The van der Waals surface area contributed by atoms with E-state index in [0.29, 0.717) is 38.9 Å². The van der Waals surface area contributed by atoms with E-state index in [1.54, 1.807) is 0 Å². The molecule has 0 bridgehead atoms. The van der Waals surface area contributed by atoms with Gasteiger partial charge in [-0.3, -0.25) is 9.59 Å². The molecule has 3 fully saturated rings. The SMILES string of the molecule is O=C1CCC(C(=O)N2CCC3(O)CCCCC3C2)CN1. The molecule has 5 heteroatoms. The molecule has 2 amide bonds. The van der Waals surface area contributed by atoms with Crippen molar-refractivity contribution in [3.05, 3.63) is 0 Å². The Kier molecular flexibility index (Phi) is 3.71. The largest absolute Gasteiger partial charge is 0.389 e. The second kappa shape index (κ2) is 5.35. The van der Waals surface area contributed by atoms with Gasteiger partial charge in [-0.25, -0.2) is 0 Å². The number of hydrogen-bond donors (Lipinski definition) is 2. The summed E-state index contributed by atoms with van der Waals surface area (Å²) in [6, 6.07) is 0. The molecular weight excluding hydrogens is 256 g/mol. The van der Waals surface area contributed by atoms with Gasteiger partial charge in [0.15, 0.2) is 0 Å². The van der Waals surface area contributed by atoms with Crippen molar-refractivity contribution in [3.63, 3.8) is 0 Å². The van der Waals surface area contributed by atoms with Crippen LogP contribution in [0, 0.1) is 11.8 Å². The number of nitrogens with one attached hydrogen (secondary N) is 1. The Hall–Kier alpha value is -1.10. The van der Waals surface area contributed by atoms with Gasteiger partial charge >= 0.3 is 0 Å². The first kappa shape index (κ1) is 13.9. The number of nitrogens with zero attached hydrogens (tertiary/aromatic N) is 1. The number of hydrogen-bond acceptors (Lipinski definition) is 3. The average molecular weight is 280 g/mol. The highest BCUT2D eigenvalue weighted by Gasteiger charge is 2.44. The molecular formula is C15H24N2O3. The van der Waals surface area contributed by atoms with Crippen LogP contribution in [0.15, 0.2) is 0 Å². The van der Waals surface area contributed by atoms with Gasteiger partial charge in [0.2, 0.25) is 11.8 Å². The van der Waals surface area contributed by atoms with E-state index < -0.39 is 5.60 Å². The van der Waals surface area contributed by atoms with Crippen LogP contribution in [0.1, 0.15) is 44.9 Å². The summed E-state index contributed by atoms with van der Waals surface area (Å²) >= 11 is 0. The highest BCUT2D eigenvalue weighted by Crippen LogP contribution is 2.40. The fraction of sp³-hybridized carbons (Fsp3) is 0.867. The van der Waals surface area contributed by atoms with E-state index in [9.17, 15) is 14.7 Å². The van der Waals surface area contributed by atoms with Gasteiger partial charge in [-0.2, -0.15) is 0 Å². The van der Waals surface area contributed by atoms with Crippen molar-refractivity contribution in [1.29, 1.82) is 0 Å². The van der Waals surface area contributed by atoms with Crippen LogP contribution in [0.25, 0.3) is 0 Å². The lowest BCUT2D eigenvalue weighted by atomic mass is 9.71. The first-order chi connectivity index (χ1) is 9.58. The molecule has 2 N–H and O–H groups in total. The van der Waals surface area contributed by atoms with Gasteiger partial charge in [-0.1, -0.05) is 12.8 Å². The summed E-state index contributed by atoms with van der Waals surface area (Å²) in [6.07, 6.45) is 6.02. The minimum absolute atomic E-state index is 0.0503. The molecule has 0 aromatic carbocycles. The van der Waals surface area contributed by atoms with Crippen molar-refractivity contribution in [3.8, 4) is 0 Å². The Bertz CT molecular complexity index is 402. The van der Waals surface area contributed by atoms with E-state index in [0.717, 1.165) is 25.7 Å². The average Bonchev–Trinajstić information content (AvgIpc) is 2.46. The lowest BCUT2D eigenvalue weighted by Crippen LogP contribution is -2.56. The lowest BCUT2D eigenvalue weighted by Gasteiger charge is -2.48. The van der Waals surface area contributed by atoms with Crippen LogP contribution in [-0.2, 0) is 9.59 Å². The summed E-state index contributed by atoms with van der Waals surface area (Å²) in [5, 5.41) is 13.4. The molecule has 20 heavy (non-hydrogen) atoms. The Morgan fingerprint density at radius 2 is 2.15 bits per heavy atom. The van der Waals surface area contributed by atoms with E-state index >= 15 is 0 Å². The van der Waals surface area contributed by atoms with Crippen molar-refractivity contribution in [1.82, 2.24) is 10.2 Å². The summed E-state index contributed by atoms with van der Waals surface area (Å²) < 4.78 is 0. The maximum Gasteiger partial charge on any atom is 0.227 e. The fourth-order valence-electron chi connectivity index (χ4n) is 3.97. The van der Waals surface area contributed by atoms with Crippen molar-refractivity contribution >= 4 is 11.8 Å². The summed E-state index contributed by atoms with van der Waals surface area (Å²) in [6.45, 7) is 1.83. The van der Waals surface area contributed by atoms with Crippen LogP contribution in [0.3, 0.4) is 0 Å². The molecule has 0 radical (unpaired) electrons. The zero-order valence-electron chi connectivity index (χ0n) is 11.9. The normalized spacial score (nSPS) is 38.0. The van der Waals surface area contributed by atoms with Crippen molar-refractivity contribution < 1.29 is 14.7 Å². The van der Waals surface area contributed by atoms with Crippen LogP contribution >= 0.6 is 0 Å². The van der Waals surface area contributed by atoms with Crippen molar-refractivity contribution in [2.45, 2.75) is 50.5 Å². The molecule has 3 atom stereocenters. The summed E-state index contributed by atoms with van der Waals surface area (Å²) in [4.78, 5) is 25.6. The van der Waals surface area contributed by atoms with Gasteiger partial charge in [-0.15, -0.1) is 0 Å². The smallest absolute Gasteiger partial charge is 0.227 e. The highest BCUT2D eigenvalue weighted by molar-refractivity contribution is 5.83. The van der Waals surface area contributed by atoms with Gasteiger partial charge in [0.25, 0.3) is 0 Å². The number of aliphatic hydroxyl groups is 1. The molecule has 0 spiro atoms. The van der Waals surface area contributed by atoms with Gasteiger partial charge in [0.05, 0.1) is 11.5 Å². The van der Waals surface area contributed by atoms with Gasteiger partial charge in [-0.05, 0) is 25.7 Å². The van der Waals surface area contributed by atoms with Gasteiger partial charge in [0, 0.05) is 32.0 Å². The molecule has 2 saturated heterocycles. The molecule has 5 nitrogen and oxygen atoms in total. The fourth-order valence-corrected chi connectivity index (χ4v) is 3.97. The molecule has 0 aromatic heterocycles. The second-order valence-corrected chi connectivity index (χ2v) is 6.62. The number of carbonyl (C=O) groups is 2. The Morgan fingerprint density at radius 1 is 1.30 bits per heavy atom. The number of likely N-dealkylation sites (tertiary alicyclic amines) is 1. The predicted octanol–water partition coefficient (Wildman–Crippen LogP) is 0.666. The molecule has 112 valence electrons.